The van der Waals surface area contributed by atoms with Crippen molar-refractivity contribution in [3.05, 3.63) is 47.5 Å². The lowest BCUT2D eigenvalue weighted by Crippen LogP contribution is -2.42. The van der Waals surface area contributed by atoms with E-state index in [0.29, 0.717) is 31.8 Å². The first-order valence-electron chi connectivity index (χ1n) is 8.69. The molecular formula is C19H23N2O4S-. The number of aliphatic hydroxyl groups is 1. The number of aliphatic hydroxyl groups excluding tert-OH is 1. The Bertz CT molecular complexity index is 791. The number of aryl methyl sites for hydroxylation is 1. The van der Waals surface area contributed by atoms with E-state index in [-0.39, 0.29) is 13.2 Å². The summed E-state index contributed by atoms with van der Waals surface area (Å²) in [6.45, 7) is 3.48. The fourth-order valence-corrected chi connectivity index (χ4v) is 4.27. The molecule has 1 unspecified atom stereocenters. The third-order valence-electron chi connectivity index (χ3n) is 4.82. The molecule has 0 radical (unpaired) electrons. The Morgan fingerprint density at radius 3 is 2.73 bits per heavy atom. The van der Waals surface area contributed by atoms with Gasteiger partial charge >= 0.3 is 0 Å². The fraction of sp³-hybridized carbons (Fsp3) is 0.421. The molecule has 140 valence electrons. The minimum Gasteiger partial charge on any atom is -0.772 e. The van der Waals surface area contributed by atoms with E-state index in [2.05, 4.69) is 10.3 Å². The molecule has 1 saturated heterocycles. The molecule has 0 aliphatic carbocycles. The first-order chi connectivity index (χ1) is 12.6. The number of hydrogen-bond acceptors (Lipinski definition) is 6. The van der Waals surface area contributed by atoms with E-state index >= 15 is 0 Å². The molecule has 1 aliphatic heterocycles. The molecule has 0 amide bonds. The Balaban J connectivity index is 1.94. The number of piperidine rings is 1. The van der Waals surface area contributed by atoms with Gasteiger partial charge in [0.25, 0.3) is 0 Å². The quantitative estimate of drug-likeness (QED) is 0.749. The largest absolute Gasteiger partial charge is 0.772 e. The lowest BCUT2D eigenvalue weighted by atomic mass is 9.87. The molecule has 1 aromatic carbocycles. The van der Waals surface area contributed by atoms with Gasteiger partial charge in [0.2, 0.25) is 5.88 Å². The van der Waals surface area contributed by atoms with Crippen molar-refractivity contribution in [2.45, 2.75) is 24.5 Å². The Morgan fingerprint density at radius 1 is 1.31 bits per heavy atom. The van der Waals surface area contributed by atoms with Gasteiger partial charge < -0.3 is 19.7 Å². The van der Waals surface area contributed by atoms with Gasteiger partial charge in [-0.1, -0.05) is 24.3 Å². The van der Waals surface area contributed by atoms with Crippen molar-refractivity contribution >= 4 is 11.1 Å². The van der Waals surface area contributed by atoms with E-state index in [9.17, 15) is 8.76 Å². The molecule has 1 atom stereocenters. The van der Waals surface area contributed by atoms with Crippen molar-refractivity contribution in [3.63, 3.8) is 0 Å². The van der Waals surface area contributed by atoms with Crippen LogP contribution < -0.4 is 10.1 Å². The predicted octanol–water partition coefficient (Wildman–Crippen LogP) is 1.89. The topological polar surface area (TPSA) is 94.5 Å². The average Bonchev–Trinajstić information content (AvgIpc) is 2.67. The van der Waals surface area contributed by atoms with Gasteiger partial charge in [-0.2, -0.15) is 0 Å². The summed E-state index contributed by atoms with van der Waals surface area (Å²) in [5.74, 6) is 0.454. The van der Waals surface area contributed by atoms with Crippen LogP contribution in [0.15, 0.2) is 36.4 Å². The molecule has 1 aromatic heterocycles. The first kappa shape index (κ1) is 19.0. The molecular weight excluding hydrogens is 352 g/mol. The van der Waals surface area contributed by atoms with Gasteiger partial charge in [-0.05, 0) is 61.1 Å². The average molecular weight is 375 g/mol. The zero-order chi connectivity index (χ0) is 18.6. The number of ether oxygens (including phenoxy) is 1. The molecule has 0 bridgehead atoms. The van der Waals surface area contributed by atoms with Crippen LogP contribution in [0.1, 0.15) is 24.0 Å². The highest BCUT2D eigenvalue weighted by Gasteiger charge is 2.35. The second-order valence-electron chi connectivity index (χ2n) is 6.44. The van der Waals surface area contributed by atoms with Gasteiger partial charge in [-0.15, -0.1) is 0 Å². The summed E-state index contributed by atoms with van der Waals surface area (Å²) in [5, 5.41) is 12.1. The number of benzene rings is 1. The van der Waals surface area contributed by atoms with Crippen molar-refractivity contribution in [1.29, 1.82) is 0 Å². The van der Waals surface area contributed by atoms with Gasteiger partial charge in [-0.25, -0.2) is 4.98 Å². The number of aromatic nitrogens is 1. The third kappa shape index (κ3) is 3.81. The van der Waals surface area contributed by atoms with Crippen LogP contribution in [0.25, 0.3) is 11.3 Å². The molecule has 6 nitrogen and oxygen atoms in total. The molecule has 26 heavy (non-hydrogen) atoms. The molecule has 2 aromatic rings. The van der Waals surface area contributed by atoms with Gasteiger partial charge in [0.15, 0.2) is 0 Å². The first-order valence-corrected chi connectivity index (χ1v) is 9.76. The highest BCUT2D eigenvalue weighted by molar-refractivity contribution is 7.80. The van der Waals surface area contributed by atoms with E-state index in [1.54, 1.807) is 6.07 Å². The number of nitrogens with zero attached hydrogens (tertiary/aromatic N) is 1. The van der Waals surface area contributed by atoms with E-state index in [0.717, 1.165) is 22.4 Å². The van der Waals surface area contributed by atoms with E-state index in [4.69, 9.17) is 9.84 Å². The number of rotatable bonds is 6. The van der Waals surface area contributed by atoms with Crippen LogP contribution >= 0.6 is 0 Å². The van der Waals surface area contributed by atoms with Crippen LogP contribution in [0, 0.1) is 6.92 Å². The van der Waals surface area contributed by atoms with Crippen LogP contribution in [0.2, 0.25) is 0 Å². The Labute approximate surface area is 155 Å². The number of pyridine rings is 1. The van der Waals surface area contributed by atoms with Crippen molar-refractivity contribution in [3.8, 4) is 17.1 Å². The maximum absolute atomic E-state index is 12.0. The smallest absolute Gasteiger partial charge is 0.213 e. The van der Waals surface area contributed by atoms with Crippen LogP contribution in [0.3, 0.4) is 0 Å². The van der Waals surface area contributed by atoms with Gasteiger partial charge in [0.1, 0.15) is 6.61 Å². The summed E-state index contributed by atoms with van der Waals surface area (Å²) < 4.78 is 28.6. The molecule has 0 saturated carbocycles. The monoisotopic (exact) mass is 375 g/mol. The van der Waals surface area contributed by atoms with E-state index < -0.39 is 15.8 Å². The van der Waals surface area contributed by atoms with Crippen LogP contribution in [0.5, 0.6) is 5.88 Å². The van der Waals surface area contributed by atoms with Crippen molar-refractivity contribution in [1.82, 2.24) is 10.3 Å². The van der Waals surface area contributed by atoms with Crippen molar-refractivity contribution in [2.24, 2.45) is 0 Å². The molecule has 3 rings (SSSR count). The van der Waals surface area contributed by atoms with E-state index in [1.165, 1.54) is 0 Å². The summed E-state index contributed by atoms with van der Waals surface area (Å²) in [7, 11) is 0. The second-order valence-corrected chi connectivity index (χ2v) is 7.69. The minimum absolute atomic E-state index is 0.0666. The maximum atomic E-state index is 12.0. The third-order valence-corrected chi connectivity index (χ3v) is 6.11. The Kier molecular flexibility index (Phi) is 6.03. The zero-order valence-electron chi connectivity index (χ0n) is 14.7. The highest BCUT2D eigenvalue weighted by atomic mass is 32.2. The van der Waals surface area contributed by atoms with E-state index in [1.807, 2.05) is 37.3 Å². The molecule has 0 spiro atoms. The summed E-state index contributed by atoms with van der Waals surface area (Å²) >= 11 is -2.18. The summed E-state index contributed by atoms with van der Waals surface area (Å²) in [6.07, 6.45) is 1.15. The molecule has 1 aliphatic rings. The zero-order valence-corrected chi connectivity index (χ0v) is 15.6. The molecule has 1 fully saturated rings. The van der Waals surface area contributed by atoms with Crippen LogP contribution in [0.4, 0.5) is 0 Å². The minimum atomic E-state index is -2.18. The fourth-order valence-electron chi connectivity index (χ4n) is 3.41. The summed E-state index contributed by atoms with van der Waals surface area (Å²) in [5.41, 5.74) is 3.50. The maximum Gasteiger partial charge on any atom is 0.213 e. The van der Waals surface area contributed by atoms with Crippen LogP contribution in [-0.2, 0) is 15.8 Å². The summed E-state index contributed by atoms with van der Waals surface area (Å²) in [6, 6.07) is 11.3. The van der Waals surface area contributed by atoms with Crippen molar-refractivity contribution < 1.29 is 18.6 Å². The second kappa shape index (κ2) is 8.26. The molecule has 7 heteroatoms. The Hall–Kier alpha value is -1.80. The van der Waals surface area contributed by atoms with Crippen molar-refractivity contribution in [2.75, 3.05) is 26.3 Å². The number of hydrogen-bond donors (Lipinski definition) is 2. The van der Waals surface area contributed by atoms with Gasteiger partial charge in [0.05, 0.1) is 17.0 Å². The van der Waals surface area contributed by atoms with Gasteiger partial charge in [0, 0.05) is 11.6 Å². The lowest BCUT2D eigenvalue weighted by Gasteiger charge is -2.40. The predicted molar refractivity (Wildman–Crippen MR) is 99.7 cm³/mol. The Morgan fingerprint density at radius 2 is 2.08 bits per heavy atom. The SMILES string of the molecule is Cc1cc(C2(S(=O)[O-])CCNCC2)ccc1-c1cccc(OCCO)n1. The molecule has 2 N–H and O–H groups in total. The number of nitrogens with one attached hydrogen (secondary N) is 1. The van der Waals surface area contributed by atoms with Crippen LogP contribution in [-0.4, -0.2) is 45.2 Å². The van der Waals surface area contributed by atoms with Gasteiger partial charge in [-0.3, -0.25) is 4.21 Å². The lowest BCUT2D eigenvalue weighted by molar-refractivity contribution is 0.197. The normalized spacial score (nSPS) is 17.7. The molecule has 2 heterocycles. The highest BCUT2D eigenvalue weighted by Crippen LogP contribution is 2.38. The standard InChI is InChI=1S/C19H24N2O4S/c1-14-13-15(19(26(23)24)7-9-20-10-8-19)5-6-16(14)17-3-2-4-18(21-17)25-12-11-22/h2-6,13,20,22H,7-12H2,1H3,(H,23,24)/p-1. The summed E-state index contributed by atoms with van der Waals surface area (Å²) in [4.78, 5) is 4.47.